The van der Waals surface area contributed by atoms with Gasteiger partial charge in [0.2, 0.25) is 6.35 Å². The van der Waals surface area contributed by atoms with E-state index in [1.165, 1.54) is 23.0 Å². The standard InChI is InChI=1S/C42H44N8O3Si/c1-29-22-31(17-19-37(29)53-32-20-21-49-38(24-32)45-28-47-49)50-40(48-30-16-18-36-35(23-30)39(43)46-27-44-36)51-25-42(50,5)26-52-54(41(2,3)4,33-12-8-6-9-13-33)34-14-10-7-11-15-34/h6-24,27-28,40,48H,25-26H2,1-5H3,(H2,43,44,46). The molecule has 54 heavy (non-hydrogen) atoms. The van der Waals surface area contributed by atoms with E-state index in [1.54, 1.807) is 4.52 Å². The van der Waals surface area contributed by atoms with E-state index in [-0.39, 0.29) is 5.04 Å². The number of rotatable bonds is 10. The topological polar surface area (TPSA) is 125 Å². The summed E-state index contributed by atoms with van der Waals surface area (Å²) >= 11 is 0. The number of hydrogen-bond donors (Lipinski definition) is 2. The second-order valence-electron chi connectivity index (χ2n) is 15.1. The SMILES string of the molecule is Cc1cc(N2C(Nc3ccc4ncnc(N)c4c3)OCC2(C)CO[Si](c2ccccc2)(c2ccccc2)C(C)(C)C)ccc1Oc1ccn2ncnc2c1. The van der Waals surface area contributed by atoms with Gasteiger partial charge in [-0.3, -0.25) is 0 Å². The predicted octanol–water partition coefficient (Wildman–Crippen LogP) is 6.92. The molecule has 2 atom stereocenters. The Labute approximate surface area is 315 Å². The minimum absolute atomic E-state index is 0.188. The van der Waals surface area contributed by atoms with Crippen LogP contribution in [0.3, 0.4) is 0 Å². The van der Waals surface area contributed by atoms with Crippen molar-refractivity contribution in [2.75, 3.05) is 29.2 Å². The molecule has 4 heterocycles. The van der Waals surface area contributed by atoms with Crippen LogP contribution in [0.5, 0.6) is 11.5 Å². The van der Waals surface area contributed by atoms with Crippen molar-refractivity contribution >= 4 is 52.4 Å². The molecule has 1 fully saturated rings. The van der Waals surface area contributed by atoms with Gasteiger partial charge in [0.15, 0.2) is 5.65 Å². The first-order chi connectivity index (χ1) is 26.0. The third kappa shape index (κ3) is 6.42. The van der Waals surface area contributed by atoms with E-state index in [4.69, 9.17) is 19.6 Å². The molecule has 3 aromatic heterocycles. The molecule has 8 rings (SSSR count). The largest absolute Gasteiger partial charge is 0.457 e. The highest BCUT2D eigenvalue weighted by Gasteiger charge is 2.53. The number of hydrogen-bond acceptors (Lipinski definition) is 10. The lowest BCUT2D eigenvalue weighted by Gasteiger charge is -2.46. The van der Waals surface area contributed by atoms with E-state index in [2.05, 4.69) is 138 Å². The summed E-state index contributed by atoms with van der Waals surface area (Å²) in [6, 6.07) is 37.3. The zero-order chi connectivity index (χ0) is 37.5. The van der Waals surface area contributed by atoms with Crippen molar-refractivity contribution in [3.63, 3.8) is 0 Å². The van der Waals surface area contributed by atoms with Gasteiger partial charge in [0.1, 0.15) is 30.0 Å². The van der Waals surface area contributed by atoms with Gasteiger partial charge in [-0.25, -0.2) is 19.5 Å². The molecule has 11 nitrogen and oxygen atoms in total. The summed E-state index contributed by atoms with van der Waals surface area (Å²) in [5.41, 5.74) is 9.91. The van der Waals surface area contributed by atoms with Crippen LogP contribution < -0.4 is 31.1 Å². The van der Waals surface area contributed by atoms with Crippen molar-refractivity contribution in [2.45, 2.75) is 51.5 Å². The molecule has 1 aliphatic heterocycles. The summed E-state index contributed by atoms with van der Waals surface area (Å²) in [5, 5.41) is 10.9. The average molecular weight is 737 g/mol. The Morgan fingerprint density at radius 2 is 1.63 bits per heavy atom. The van der Waals surface area contributed by atoms with Crippen LogP contribution in [-0.2, 0) is 9.16 Å². The lowest BCUT2D eigenvalue weighted by molar-refractivity contribution is 0.114. The Bertz CT molecular complexity index is 2380. The lowest BCUT2D eigenvalue weighted by Crippen LogP contribution is -2.68. The number of nitrogens with one attached hydrogen (secondary N) is 1. The third-order valence-corrected chi connectivity index (χ3v) is 15.2. The van der Waals surface area contributed by atoms with Gasteiger partial charge < -0.3 is 29.9 Å². The average Bonchev–Trinajstić information content (AvgIpc) is 3.77. The normalized spacial score (nSPS) is 17.6. The number of nitrogens with zero attached hydrogens (tertiary/aromatic N) is 6. The Kier molecular flexibility index (Phi) is 9.04. The predicted molar refractivity (Wildman–Crippen MR) is 216 cm³/mol. The van der Waals surface area contributed by atoms with Crippen molar-refractivity contribution in [1.29, 1.82) is 0 Å². The molecule has 4 aromatic carbocycles. The van der Waals surface area contributed by atoms with E-state index in [0.717, 1.165) is 33.6 Å². The van der Waals surface area contributed by atoms with Gasteiger partial charge in [0.25, 0.3) is 8.32 Å². The first-order valence-electron chi connectivity index (χ1n) is 18.0. The molecule has 274 valence electrons. The monoisotopic (exact) mass is 736 g/mol. The van der Waals surface area contributed by atoms with Gasteiger partial charge in [0.05, 0.1) is 24.3 Å². The second kappa shape index (κ2) is 13.9. The molecule has 0 saturated carbocycles. The van der Waals surface area contributed by atoms with Crippen LogP contribution in [0.2, 0.25) is 5.04 Å². The highest BCUT2D eigenvalue weighted by atomic mass is 28.4. The molecule has 0 radical (unpaired) electrons. The van der Waals surface area contributed by atoms with Crippen LogP contribution in [-0.4, -0.2) is 58.0 Å². The van der Waals surface area contributed by atoms with Crippen molar-refractivity contribution in [2.24, 2.45) is 0 Å². The Balaban J connectivity index is 1.17. The van der Waals surface area contributed by atoms with Gasteiger partial charge in [-0.1, -0.05) is 81.4 Å². The molecule has 0 amide bonds. The molecule has 7 aromatic rings. The molecule has 1 saturated heterocycles. The van der Waals surface area contributed by atoms with Gasteiger partial charge in [-0.2, -0.15) is 5.10 Å². The highest BCUT2D eigenvalue weighted by molar-refractivity contribution is 6.99. The number of fused-ring (bicyclic) bond motifs is 2. The smallest absolute Gasteiger partial charge is 0.261 e. The molecule has 1 aliphatic rings. The van der Waals surface area contributed by atoms with E-state index < -0.39 is 20.2 Å². The number of anilines is 3. The zero-order valence-corrected chi connectivity index (χ0v) is 32.1. The van der Waals surface area contributed by atoms with Crippen molar-refractivity contribution in [3.8, 4) is 11.5 Å². The van der Waals surface area contributed by atoms with Crippen molar-refractivity contribution < 1.29 is 13.9 Å². The minimum Gasteiger partial charge on any atom is -0.457 e. The molecular formula is C42H44N8O3Si. The molecule has 12 heteroatoms. The molecule has 0 spiro atoms. The summed E-state index contributed by atoms with van der Waals surface area (Å²) in [6.45, 7) is 12.0. The van der Waals surface area contributed by atoms with Gasteiger partial charge in [0, 0.05) is 29.0 Å². The summed E-state index contributed by atoms with van der Waals surface area (Å²) in [7, 11) is -2.87. The van der Waals surface area contributed by atoms with Crippen LogP contribution >= 0.6 is 0 Å². The van der Waals surface area contributed by atoms with Crippen LogP contribution in [0.1, 0.15) is 33.3 Å². The summed E-state index contributed by atoms with van der Waals surface area (Å²) in [5.74, 6) is 1.84. The third-order valence-electron chi connectivity index (χ3n) is 10.3. The van der Waals surface area contributed by atoms with Gasteiger partial charge in [-0.15, -0.1) is 0 Å². The van der Waals surface area contributed by atoms with E-state index in [0.29, 0.717) is 30.4 Å². The minimum atomic E-state index is -2.87. The van der Waals surface area contributed by atoms with Crippen molar-refractivity contribution in [3.05, 3.63) is 134 Å². The molecule has 0 bridgehead atoms. The maximum atomic E-state index is 7.56. The number of nitrogens with two attached hydrogens (primary N) is 1. The van der Waals surface area contributed by atoms with E-state index in [1.807, 2.05) is 42.6 Å². The molecule has 0 aliphatic carbocycles. The number of pyridine rings is 1. The maximum absolute atomic E-state index is 7.56. The van der Waals surface area contributed by atoms with Gasteiger partial charge in [-0.05, 0) is 77.3 Å². The van der Waals surface area contributed by atoms with E-state index >= 15 is 0 Å². The quantitative estimate of drug-likeness (QED) is 0.143. The van der Waals surface area contributed by atoms with Gasteiger partial charge >= 0.3 is 0 Å². The van der Waals surface area contributed by atoms with Crippen LogP contribution in [0.4, 0.5) is 17.2 Å². The summed E-state index contributed by atoms with van der Waals surface area (Å²) in [6.07, 6.45) is 4.30. The first kappa shape index (κ1) is 35.2. The Hall–Kier alpha value is -5.82. The highest BCUT2D eigenvalue weighted by Crippen LogP contribution is 2.41. The maximum Gasteiger partial charge on any atom is 0.261 e. The van der Waals surface area contributed by atoms with Crippen LogP contribution in [0, 0.1) is 6.92 Å². The first-order valence-corrected chi connectivity index (χ1v) is 20.0. The fourth-order valence-corrected chi connectivity index (χ4v) is 12.3. The molecular weight excluding hydrogens is 693 g/mol. The van der Waals surface area contributed by atoms with Crippen LogP contribution in [0.15, 0.2) is 128 Å². The summed E-state index contributed by atoms with van der Waals surface area (Å²) in [4.78, 5) is 15.2. The number of nitrogen functional groups attached to an aromatic ring is 1. The lowest BCUT2D eigenvalue weighted by atomic mass is 10.0. The molecule has 3 N–H and O–H groups in total. The Morgan fingerprint density at radius 1 is 0.889 bits per heavy atom. The summed E-state index contributed by atoms with van der Waals surface area (Å²) < 4.78 is 22.3. The van der Waals surface area contributed by atoms with Crippen molar-refractivity contribution in [1.82, 2.24) is 24.6 Å². The second-order valence-corrected chi connectivity index (χ2v) is 19.4. The number of aryl methyl sites for hydroxylation is 1. The zero-order valence-electron chi connectivity index (χ0n) is 31.1. The van der Waals surface area contributed by atoms with E-state index in [9.17, 15) is 0 Å². The molecule has 2 unspecified atom stereocenters. The Morgan fingerprint density at radius 3 is 2.33 bits per heavy atom. The number of benzene rings is 4. The number of aromatic nitrogens is 5. The fraction of sp³-hybridized carbons (Fsp3) is 0.238. The fourth-order valence-electron chi connectivity index (χ4n) is 7.57. The van der Waals surface area contributed by atoms with Crippen LogP contribution in [0.25, 0.3) is 16.6 Å². The number of ether oxygens (including phenoxy) is 2.